The highest BCUT2D eigenvalue weighted by Gasteiger charge is 2.32. The smallest absolute Gasteiger partial charge is 0.352 e. The van der Waals surface area contributed by atoms with E-state index in [0.29, 0.717) is 24.0 Å². The summed E-state index contributed by atoms with van der Waals surface area (Å²) >= 11 is 1.64. The molecule has 5 heteroatoms. The van der Waals surface area contributed by atoms with Gasteiger partial charge in [-0.25, -0.2) is 4.79 Å². The Morgan fingerprint density at radius 2 is 2.26 bits per heavy atom. The summed E-state index contributed by atoms with van der Waals surface area (Å²) in [6.45, 7) is 1.70. The molecule has 2 aromatic heterocycles. The van der Waals surface area contributed by atoms with Crippen LogP contribution in [0.2, 0.25) is 0 Å². The minimum atomic E-state index is -1.01. The molecule has 0 saturated heterocycles. The van der Waals surface area contributed by atoms with Crippen LogP contribution in [0.5, 0.6) is 0 Å². The number of hydrogen-bond acceptors (Lipinski definition) is 3. The number of nitrogens with one attached hydrogen (secondary N) is 1. The Morgan fingerprint density at radius 1 is 1.47 bits per heavy atom. The van der Waals surface area contributed by atoms with Crippen molar-refractivity contribution in [2.45, 2.75) is 25.7 Å². The molecular formula is C14H13NO3S. The predicted molar refractivity (Wildman–Crippen MR) is 72.2 cm³/mol. The van der Waals surface area contributed by atoms with Crippen LogP contribution in [0, 0.1) is 6.92 Å². The van der Waals surface area contributed by atoms with Crippen LogP contribution < -0.4 is 0 Å². The summed E-state index contributed by atoms with van der Waals surface area (Å²) in [6, 6.07) is 4.00. The number of fused-ring (bicyclic) bond motifs is 1. The number of aromatic carboxylic acids is 1. The lowest BCUT2D eigenvalue weighted by atomic mass is 9.84. The Bertz CT molecular complexity index is 655. The minimum absolute atomic E-state index is 0.0425. The second kappa shape index (κ2) is 4.35. The fourth-order valence-electron chi connectivity index (χ4n) is 2.77. The molecule has 0 spiro atoms. The van der Waals surface area contributed by atoms with Crippen molar-refractivity contribution in [3.05, 3.63) is 44.9 Å². The van der Waals surface area contributed by atoms with Crippen molar-refractivity contribution >= 4 is 23.1 Å². The zero-order valence-corrected chi connectivity index (χ0v) is 11.2. The van der Waals surface area contributed by atoms with E-state index in [4.69, 9.17) is 5.11 Å². The van der Waals surface area contributed by atoms with Gasteiger partial charge < -0.3 is 10.1 Å². The quantitative estimate of drug-likeness (QED) is 0.885. The molecule has 0 fully saturated rings. The van der Waals surface area contributed by atoms with Crippen molar-refractivity contribution in [1.29, 1.82) is 0 Å². The monoisotopic (exact) mass is 275 g/mol. The maximum absolute atomic E-state index is 12.2. The van der Waals surface area contributed by atoms with Gasteiger partial charge >= 0.3 is 5.97 Å². The summed E-state index contributed by atoms with van der Waals surface area (Å²) in [7, 11) is 0. The number of Topliss-reactive ketones (excluding diaryl/α,β-unsaturated/α-hetero) is 1. The highest BCUT2D eigenvalue weighted by molar-refractivity contribution is 7.10. The highest BCUT2D eigenvalue weighted by atomic mass is 32.1. The third kappa shape index (κ3) is 1.90. The molecule has 0 aromatic carbocycles. The molecule has 4 nitrogen and oxygen atoms in total. The second-order valence-electron chi connectivity index (χ2n) is 4.83. The summed E-state index contributed by atoms with van der Waals surface area (Å²) in [5.41, 5.74) is 2.07. The zero-order chi connectivity index (χ0) is 13.6. The summed E-state index contributed by atoms with van der Waals surface area (Å²) in [6.07, 6.45) is 1.17. The molecule has 0 aliphatic heterocycles. The van der Waals surface area contributed by atoms with Gasteiger partial charge in [-0.1, -0.05) is 6.07 Å². The fraction of sp³-hybridized carbons (Fsp3) is 0.286. The lowest BCUT2D eigenvalue weighted by Crippen LogP contribution is -2.17. The van der Waals surface area contributed by atoms with E-state index in [1.807, 2.05) is 17.5 Å². The van der Waals surface area contributed by atoms with E-state index in [1.165, 1.54) is 4.88 Å². The molecular weight excluding hydrogens is 262 g/mol. The number of carboxylic acids is 1. The molecule has 1 atom stereocenters. The van der Waals surface area contributed by atoms with Gasteiger partial charge in [-0.05, 0) is 30.4 Å². The largest absolute Gasteiger partial charge is 0.477 e. The summed E-state index contributed by atoms with van der Waals surface area (Å²) in [5, 5.41) is 11.1. The summed E-state index contributed by atoms with van der Waals surface area (Å²) in [4.78, 5) is 27.4. The van der Waals surface area contributed by atoms with Gasteiger partial charge in [-0.3, -0.25) is 4.79 Å². The van der Waals surface area contributed by atoms with Crippen LogP contribution in [0.3, 0.4) is 0 Å². The average molecular weight is 275 g/mol. The number of carbonyl (C=O) groups is 2. The number of thiophene rings is 1. The van der Waals surface area contributed by atoms with Crippen molar-refractivity contribution in [1.82, 2.24) is 4.98 Å². The molecule has 3 rings (SSSR count). The van der Waals surface area contributed by atoms with Gasteiger partial charge in [0.15, 0.2) is 5.78 Å². The first kappa shape index (κ1) is 12.2. The molecule has 0 radical (unpaired) electrons. The topological polar surface area (TPSA) is 70.2 Å². The predicted octanol–water partition coefficient (Wildman–Crippen LogP) is 3.00. The van der Waals surface area contributed by atoms with Crippen LogP contribution in [0.4, 0.5) is 0 Å². The van der Waals surface area contributed by atoms with Gasteiger partial charge in [-0.15, -0.1) is 11.3 Å². The molecule has 0 saturated carbocycles. The number of carbonyl (C=O) groups excluding carboxylic acids is 1. The third-order valence-electron chi connectivity index (χ3n) is 3.65. The van der Waals surface area contributed by atoms with Crippen LogP contribution in [0.1, 0.15) is 49.3 Å². The minimum Gasteiger partial charge on any atom is -0.477 e. The van der Waals surface area contributed by atoms with Crippen molar-refractivity contribution in [2.75, 3.05) is 0 Å². The number of aromatic amines is 1. The van der Waals surface area contributed by atoms with Gasteiger partial charge in [0.25, 0.3) is 0 Å². The number of carboxylic acid groups (broad SMARTS) is 1. The van der Waals surface area contributed by atoms with Crippen LogP contribution in [0.25, 0.3) is 0 Å². The molecule has 0 amide bonds. The van der Waals surface area contributed by atoms with Crippen molar-refractivity contribution in [3.8, 4) is 0 Å². The number of ketones is 1. The SMILES string of the molecule is Cc1c(C(=O)O)[nH]c2c1C(=O)C[C@H](c1cccs1)C2. The van der Waals surface area contributed by atoms with Gasteiger partial charge in [0.05, 0.1) is 0 Å². The van der Waals surface area contributed by atoms with E-state index in [1.54, 1.807) is 18.3 Å². The molecule has 2 N–H and O–H groups in total. The van der Waals surface area contributed by atoms with Crippen LogP contribution in [0.15, 0.2) is 17.5 Å². The van der Waals surface area contributed by atoms with Crippen molar-refractivity contribution < 1.29 is 14.7 Å². The standard InChI is InChI=1S/C14H13NO3S/c1-7-12-9(15-13(7)14(17)18)5-8(6-10(12)16)11-3-2-4-19-11/h2-4,8,15H,5-6H2,1H3,(H,17,18)/t8-/m1/s1. The van der Waals surface area contributed by atoms with Gasteiger partial charge in [-0.2, -0.15) is 0 Å². The Hall–Kier alpha value is -1.88. The van der Waals surface area contributed by atoms with Crippen LogP contribution >= 0.6 is 11.3 Å². The Balaban J connectivity index is 2.03. The molecule has 1 aliphatic rings. The van der Waals surface area contributed by atoms with E-state index in [2.05, 4.69) is 4.98 Å². The molecule has 19 heavy (non-hydrogen) atoms. The van der Waals surface area contributed by atoms with Gasteiger partial charge in [0.2, 0.25) is 0 Å². The number of hydrogen-bond donors (Lipinski definition) is 2. The van der Waals surface area contributed by atoms with Gasteiger partial charge in [0.1, 0.15) is 5.69 Å². The van der Waals surface area contributed by atoms with Crippen molar-refractivity contribution in [2.24, 2.45) is 0 Å². The third-order valence-corrected chi connectivity index (χ3v) is 4.68. The maximum atomic E-state index is 12.2. The molecule has 98 valence electrons. The number of H-pyrrole nitrogens is 1. The Kier molecular flexibility index (Phi) is 2.78. The van der Waals surface area contributed by atoms with E-state index in [9.17, 15) is 9.59 Å². The summed E-state index contributed by atoms with van der Waals surface area (Å²) < 4.78 is 0. The molecule has 2 heterocycles. The van der Waals surface area contributed by atoms with E-state index >= 15 is 0 Å². The van der Waals surface area contributed by atoms with Crippen molar-refractivity contribution in [3.63, 3.8) is 0 Å². The zero-order valence-electron chi connectivity index (χ0n) is 10.4. The number of rotatable bonds is 2. The van der Waals surface area contributed by atoms with E-state index in [0.717, 1.165) is 5.69 Å². The first-order chi connectivity index (χ1) is 9.08. The van der Waals surface area contributed by atoms with Crippen LogP contribution in [-0.2, 0) is 6.42 Å². The van der Waals surface area contributed by atoms with Gasteiger partial charge in [0, 0.05) is 28.5 Å². The van der Waals surface area contributed by atoms with E-state index in [-0.39, 0.29) is 17.4 Å². The summed E-state index contributed by atoms with van der Waals surface area (Å²) in [5.74, 6) is -0.798. The average Bonchev–Trinajstić information content (AvgIpc) is 2.96. The Morgan fingerprint density at radius 3 is 2.89 bits per heavy atom. The molecule has 1 aliphatic carbocycles. The van der Waals surface area contributed by atoms with E-state index < -0.39 is 5.97 Å². The molecule has 0 unspecified atom stereocenters. The lowest BCUT2D eigenvalue weighted by molar-refractivity contribution is 0.0690. The molecule has 0 bridgehead atoms. The first-order valence-corrected chi connectivity index (χ1v) is 6.97. The fourth-order valence-corrected chi connectivity index (χ4v) is 3.60. The molecule has 2 aromatic rings. The lowest BCUT2D eigenvalue weighted by Gasteiger charge is -2.20. The number of aromatic nitrogens is 1. The second-order valence-corrected chi connectivity index (χ2v) is 5.81. The highest BCUT2D eigenvalue weighted by Crippen LogP contribution is 2.36. The maximum Gasteiger partial charge on any atom is 0.352 e. The van der Waals surface area contributed by atoms with Crippen LogP contribution in [-0.4, -0.2) is 21.8 Å². The normalized spacial score (nSPS) is 18.4. The Labute approximate surface area is 114 Å². The first-order valence-electron chi connectivity index (χ1n) is 6.09.